The molecule has 1 unspecified atom stereocenters. The Hall–Kier alpha value is -1.59. The highest BCUT2D eigenvalue weighted by Crippen LogP contribution is 2.25. The highest BCUT2D eigenvalue weighted by Gasteiger charge is 2.16. The maximum absolute atomic E-state index is 5.81. The molecule has 1 fully saturated rings. The number of methoxy groups -OCH3 is 1. The smallest absolute Gasteiger partial charge is 0.278 e. The van der Waals surface area contributed by atoms with Crippen molar-refractivity contribution in [3.05, 3.63) is 24.3 Å². The zero-order valence-electron chi connectivity index (χ0n) is 12.0. The monoisotopic (exact) mass is 309 g/mol. The summed E-state index contributed by atoms with van der Waals surface area (Å²) in [5.74, 6) is 0.915. The predicted octanol–water partition coefficient (Wildman–Crippen LogP) is 2.58. The minimum Gasteiger partial charge on any atom is -0.477 e. The van der Waals surface area contributed by atoms with Crippen LogP contribution in [0.2, 0.25) is 0 Å². The standard InChI is InChI=1S/C15H19N3O2.ClH/c1-19-14-15(20-10-11-6-4-5-9-16-11)18-13-8-3-2-7-12(13)17-14;/h2-3,7-8,11,16H,4-6,9-10H2,1H3;1H. The van der Waals surface area contributed by atoms with Gasteiger partial charge in [-0.1, -0.05) is 18.6 Å². The lowest BCUT2D eigenvalue weighted by molar-refractivity contribution is 0.221. The number of hydrogen-bond acceptors (Lipinski definition) is 5. The molecular weight excluding hydrogens is 290 g/mol. The molecule has 0 spiro atoms. The number of para-hydroxylation sites is 2. The van der Waals surface area contributed by atoms with E-state index < -0.39 is 0 Å². The Balaban J connectivity index is 0.00000161. The van der Waals surface area contributed by atoms with Crippen LogP contribution in [0.4, 0.5) is 0 Å². The molecular formula is C15H20ClN3O2. The van der Waals surface area contributed by atoms with Gasteiger partial charge in [-0.05, 0) is 31.5 Å². The van der Waals surface area contributed by atoms with E-state index in [0.717, 1.165) is 24.0 Å². The fourth-order valence-corrected chi connectivity index (χ4v) is 2.44. The highest BCUT2D eigenvalue weighted by atomic mass is 35.5. The van der Waals surface area contributed by atoms with E-state index in [1.54, 1.807) is 7.11 Å². The van der Waals surface area contributed by atoms with Gasteiger partial charge in [0.15, 0.2) is 0 Å². The third-order valence-corrected chi connectivity index (χ3v) is 3.54. The van der Waals surface area contributed by atoms with E-state index in [4.69, 9.17) is 9.47 Å². The molecule has 1 aromatic carbocycles. The summed E-state index contributed by atoms with van der Waals surface area (Å²) in [5.41, 5.74) is 1.63. The summed E-state index contributed by atoms with van der Waals surface area (Å²) < 4.78 is 11.1. The van der Waals surface area contributed by atoms with Crippen LogP contribution in [0.5, 0.6) is 11.8 Å². The number of ether oxygens (including phenoxy) is 2. The van der Waals surface area contributed by atoms with Crippen LogP contribution in [0.1, 0.15) is 19.3 Å². The molecule has 114 valence electrons. The lowest BCUT2D eigenvalue weighted by Crippen LogP contribution is -2.38. The number of halogens is 1. The number of rotatable bonds is 4. The molecule has 21 heavy (non-hydrogen) atoms. The summed E-state index contributed by atoms with van der Waals surface area (Å²) in [4.78, 5) is 8.92. The zero-order valence-corrected chi connectivity index (χ0v) is 12.9. The number of nitrogens with zero attached hydrogens (tertiary/aromatic N) is 2. The molecule has 3 rings (SSSR count). The normalized spacial score (nSPS) is 18.0. The lowest BCUT2D eigenvalue weighted by Gasteiger charge is -2.23. The first-order valence-corrected chi connectivity index (χ1v) is 7.04. The molecule has 0 bridgehead atoms. The second-order valence-corrected chi connectivity index (χ2v) is 4.98. The van der Waals surface area contributed by atoms with E-state index in [1.807, 2.05) is 24.3 Å². The van der Waals surface area contributed by atoms with Gasteiger partial charge in [-0.15, -0.1) is 12.4 Å². The Morgan fingerprint density at radius 1 is 1.14 bits per heavy atom. The van der Waals surface area contributed by atoms with Crippen molar-refractivity contribution in [2.75, 3.05) is 20.3 Å². The average molecular weight is 310 g/mol. The van der Waals surface area contributed by atoms with Gasteiger partial charge in [-0.2, -0.15) is 0 Å². The Morgan fingerprint density at radius 3 is 2.48 bits per heavy atom. The van der Waals surface area contributed by atoms with Gasteiger partial charge in [0.25, 0.3) is 11.8 Å². The van der Waals surface area contributed by atoms with E-state index >= 15 is 0 Å². The molecule has 1 atom stereocenters. The maximum atomic E-state index is 5.81. The first-order valence-electron chi connectivity index (χ1n) is 7.04. The third-order valence-electron chi connectivity index (χ3n) is 3.54. The Bertz CT molecular complexity index is 588. The molecule has 1 aromatic heterocycles. The van der Waals surface area contributed by atoms with Gasteiger partial charge >= 0.3 is 0 Å². The Labute approximate surface area is 130 Å². The molecule has 2 heterocycles. The minimum absolute atomic E-state index is 0. The molecule has 0 amide bonds. The van der Waals surface area contributed by atoms with Crippen molar-refractivity contribution < 1.29 is 9.47 Å². The van der Waals surface area contributed by atoms with Crippen LogP contribution in [0.3, 0.4) is 0 Å². The van der Waals surface area contributed by atoms with Crippen molar-refractivity contribution in [3.8, 4) is 11.8 Å². The highest BCUT2D eigenvalue weighted by molar-refractivity contribution is 5.85. The minimum atomic E-state index is 0. The number of piperidine rings is 1. The second-order valence-electron chi connectivity index (χ2n) is 4.98. The van der Waals surface area contributed by atoms with Crippen LogP contribution < -0.4 is 14.8 Å². The van der Waals surface area contributed by atoms with Crippen molar-refractivity contribution in [2.24, 2.45) is 0 Å². The molecule has 0 radical (unpaired) electrons. The van der Waals surface area contributed by atoms with Gasteiger partial charge in [-0.25, -0.2) is 9.97 Å². The largest absolute Gasteiger partial charge is 0.477 e. The van der Waals surface area contributed by atoms with Crippen LogP contribution in [0, 0.1) is 0 Å². The quantitative estimate of drug-likeness (QED) is 0.940. The van der Waals surface area contributed by atoms with Gasteiger partial charge in [-0.3, -0.25) is 0 Å². The molecule has 2 aromatic rings. The van der Waals surface area contributed by atoms with E-state index in [9.17, 15) is 0 Å². The van der Waals surface area contributed by atoms with Gasteiger partial charge in [0, 0.05) is 6.04 Å². The summed E-state index contributed by atoms with van der Waals surface area (Å²) in [6, 6.07) is 8.10. The second kappa shape index (κ2) is 7.43. The number of hydrogen-bond donors (Lipinski definition) is 1. The molecule has 1 aliphatic rings. The van der Waals surface area contributed by atoms with Crippen LogP contribution in [-0.2, 0) is 0 Å². The van der Waals surface area contributed by atoms with Crippen LogP contribution in [0.15, 0.2) is 24.3 Å². The van der Waals surface area contributed by atoms with Gasteiger partial charge in [0.2, 0.25) is 0 Å². The molecule has 1 N–H and O–H groups in total. The topological polar surface area (TPSA) is 56.3 Å². The molecule has 0 saturated carbocycles. The number of fused-ring (bicyclic) bond motifs is 1. The summed E-state index contributed by atoms with van der Waals surface area (Å²) in [5, 5.41) is 3.45. The maximum Gasteiger partial charge on any atom is 0.278 e. The first-order chi connectivity index (χ1) is 9.86. The summed E-state index contributed by atoms with van der Waals surface area (Å²) in [6.45, 7) is 1.66. The van der Waals surface area contributed by atoms with Crippen molar-refractivity contribution in [3.63, 3.8) is 0 Å². The van der Waals surface area contributed by atoms with E-state index in [2.05, 4.69) is 15.3 Å². The van der Waals surface area contributed by atoms with Gasteiger partial charge in [0.05, 0.1) is 18.1 Å². The molecule has 5 nitrogen and oxygen atoms in total. The average Bonchev–Trinajstić information content (AvgIpc) is 2.53. The van der Waals surface area contributed by atoms with Gasteiger partial charge < -0.3 is 14.8 Å². The SMILES string of the molecule is COc1nc2ccccc2nc1OCC1CCCCN1.Cl. The summed E-state index contributed by atoms with van der Waals surface area (Å²) >= 11 is 0. The Kier molecular flexibility index (Phi) is 5.59. The van der Waals surface area contributed by atoms with Crippen LogP contribution >= 0.6 is 12.4 Å². The third kappa shape index (κ3) is 3.74. The number of benzene rings is 1. The molecule has 1 saturated heterocycles. The number of aromatic nitrogens is 2. The van der Waals surface area contributed by atoms with Crippen LogP contribution in [0.25, 0.3) is 11.0 Å². The summed E-state index contributed by atoms with van der Waals surface area (Å²) in [6.07, 6.45) is 3.64. The summed E-state index contributed by atoms with van der Waals surface area (Å²) in [7, 11) is 1.59. The fraction of sp³-hybridized carbons (Fsp3) is 0.467. The van der Waals surface area contributed by atoms with Crippen molar-refractivity contribution in [2.45, 2.75) is 25.3 Å². The molecule has 1 aliphatic heterocycles. The number of nitrogens with one attached hydrogen (secondary N) is 1. The van der Waals surface area contributed by atoms with Crippen molar-refractivity contribution >= 4 is 23.4 Å². The first kappa shape index (κ1) is 15.8. The van der Waals surface area contributed by atoms with E-state index in [1.165, 1.54) is 12.8 Å². The van der Waals surface area contributed by atoms with E-state index in [-0.39, 0.29) is 12.4 Å². The van der Waals surface area contributed by atoms with Crippen molar-refractivity contribution in [1.82, 2.24) is 15.3 Å². The predicted molar refractivity (Wildman–Crippen MR) is 84.5 cm³/mol. The zero-order chi connectivity index (χ0) is 13.8. The van der Waals surface area contributed by atoms with Crippen LogP contribution in [-0.4, -0.2) is 36.3 Å². The molecule has 0 aliphatic carbocycles. The van der Waals surface area contributed by atoms with E-state index in [0.29, 0.717) is 24.4 Å². The molecule has 6 heteroatoms. The Morgan fingerprint density at radius 2 is 1.86 bits per heavy atom. The van der Waals surface area contributed by atoms with Gasteiger partial charge in [0.1, 0.15) is 6.61 Å². The van der Waals surface area contributed by atoms with Crippen molar-refractivity contribution in [1.29, 1.82) is 0 Å². The fourth-order valence-electron chi connectivity index (χ4n) is 2.44. The lowest BCUT2D eigenvalue weighted by atomic mass is 10.1.